The molecule has 216 valence electrons. The number of nitrogens with one attached hydrogen (secondary N) is 2. The Morgan fingerprint density at radius 2 is 1.57 bits per heavy atom. The second-order valence-corrected chi connectivity index (χ2v) is 11.5. The zero-order valence-electron chi connectivity index (χ0n) is 23.2. The summed E-state index contributed by atoms with van der Waals surface area (Å²) in [4.78, 5) is 25.4. The molecule has 0 saturated heterocycles. The van der Waals surface area contributed by atoms with Gasteiger partial charge in [-0.3, -0.25) is 13.9 Å². The van der Waals surface area contributed by atoms with E-state index in [-0.39, 0.29) is 21.5 Å². The Morgan fingerprint density at radius 3 is 2.19 bits per heavy atom. The molecule has 0 saturated carbocycles. The number of amides is 2. The highest BCUT2D eigenvalue weighted by Crippen LogP contribution is 2.32. The number of methoxy groups -OCH3 is 1. The molecule has 0 aromatic heterocycles. The summed E-state index contributed by atoms with van der Waals surface area (Å²) in [6.45, 7) is 2.99. The number of hydrogen-bond acceptors (Lipinski definition) is 6. The van der Waals surface area contributed by atoms with Gasteiger partial charge < -0.3 is 10.1 Å². The minimum absolute atomic E-state index is 0.0203. The zero-order chi connectivity index (χ0) is 30.3. The highest BCUT2D eigenvalue weighted by Gasteiger charge is 2.28. The molecule has 0 atom stereocenters. The molecule has 0 radical (unpaired) electrons. The standard InChI is InChI=1S/C31H29ClN4O5S/c1-21-9-16-27(17-10-21)42(39,40)36(26-15-18-29(41-3)28(32)19-26)20-30(37)35-34-22(2)23-11-13-25(14-12-23)33-31(38)24-7-5-4-6-8-24/h4-19H,20H2,1-3H3,(H,33,38)(H,35,37)/b34-22-. The van der Waals surface area contributed by atoms with Gasteiger partial charge in [0.25, 0.3) is 21.8 Å². The zero-order valence-corrected chi connectivity index (χ0v) is 24.7. The van der Waals surface area contributed by atoms with Gasteiger partial charge in [-0.05, 0) is 74.0 Å². The van der Waals surface area contributed by atoms with Gasteiger partial charge >= 0.3 is 0 Å². The molecule has 42 heavy (non-hydrogen) atoms. The Kier molecular flexibility index (Phi) is 9.61. The molecule has 0 unspecified atom stereocenters. The van der Waals surface area contributed by atoms with Gasteiger partial charge in [0.1, 0.15) is 12.3 Å². The lowest BCUT2D eigenvalue weighted by Gasteiger charge is -2.24. The van der Waals surface area contributed by atoms with Crippen LogP contribution in [0.5, 0.6) is 5.75 Å². The van der Waals surface area contributed by atoms with Crippen molar-refractivity contribution in [3.8, 4) is 5.75 Å². The monoisotopic (exact) mass is 604 g/mol. The summed E-state index contributed by atoms with van der Waals surface area (Å²) >= 11 is 6.28. The number of halogens is 1. The number of rotatable bonds is 10. The van der Waals surface area contributed by atoms with Gasteiger partial charge in [0.15, 0.2) is 0 Å². The fraction of sp³-hybridized carbons (Fsp3) is 0.129. The lowest BCUT2D eigenvalue weighted by atomic mass is 10.1. The van der Waals surface area contributed by atoms with Crippen molar-refractivity contribution < 1.29 is 22.7 Å². The third-order valence-corrected chi connectivity index (χ3v) is 8.35. The van der Waals surface area contributed by atoms with E-state index in [0.29, 0.717) is 28.3 Å². The topological polar surface area (TPSA) is 117 Å². The summed E-state index contributed by atoms with van der Waals surface area (Å²) in [5.74, 6) is -0.531. The van der Waals surface area contributed by atoms with Crippen LogP contribution in [0.25, 0.3) is 0 Å². The molecule has 0 aliphatic carbocycles. The predicted molar refractivity (Wildman–Crippen MR) is 165 cm³/mol. The summed E-state index contributed by atoms with van der Waals surface area (Å²) in [5.41, 5.74) is 5.82. The minimum Gasteiger partial charge on any atom is -0.495 e. The van der Waals surface area contributed by atoms with Crippen LogP contribution in [-0.2, 0) is 14.8 Å². The van der Waals surface area contributed by atoms with Crippen molar-refractivity contribution in [1.82, 2.24) is 5.43 Å². The first kappa shape index (κ1) is 30.3. The molecular formula is C31H29ClN4O5S. The highest BCUT2D eigenvalue weighted by molar-refractivity contribution is 7.92. The molecule has 9 nitrogen and oxygen atoms in total. The van der Waals surface area contributed by atoms with Gasteiger partial charge in [-0.25, -0.2) is 13.8 Å². The van der Waals surface area contributed by atoms with Gasteiger partial charge in [-0.15, -0.1) is 0 Å². The van der Waals surface area contributed by atoms with Gasteiger partial charge in [0, 0.05) is 11.3 Å². The predicted octanol–water partition coefficient (Wildman–Crippen LogP) is 5.65. The number of benzene rings is 4. The number of anilines is 2. The van der Waals surface area contributed by atoms with Crippen LogP contribution in [0.3, 0.4) is 0 Å². The van der Waals surface area contributed by atoms with Crippen LogP contribution in [0.1, 0.15) is 28.4 Å². The first-order valence-corrected chi connectivity index (χ1v) is 14.6. The molecule has 4 rings (SSSR count). The molecule has 0 spiro atoms. The summed E-state index contributed by atoms with van der Waals surface area (Å²) in [7, 11) is -2.69. The third kappa shape index (κ3) is 7.34. The van der Waals surface area contributed by atoms with Crippen molar-refractivity contribution in [2.75, 3.05) is 23.3 Å². The van der Waals surface area contributed by atoms with Crippen LogP contribution in [-0.4, -0.2) is 39.6 Å². The normalized spacial score (nSPS) is 11.5. The average Bonchev–Trinajstić information content (AvgIpc) is 2.99. The number of hydrazone groups is 1. The van der Waals surface area contributed by atoms with E-state index < -0.39 is 22.5 Å². The molecule has 0 fully saturated rings. The fourth-order valence-corrected chi connectivity index (χ4v) is 5.59. The van der Waals surface area contributed by atoms with E-state index in [0.717, 1.165) is 9.87 Å². The first-order chi connectivity index (χ1) is 20.1. The number of sulfonamides is 1. The summed E-state index contributed by atoms with van der Waals surface area (Å²) < 4.78 is 33.4. The Morgan fingerprint density at radius 1 is 0.905 bits per heavy atom. The van der Waals surface area contributed by atoms with E-state index in [9.17, 15) is 18.0 Å². The van der Waals surface area contributed by atoms with Gasteiger partial charge in [-0.2, -0.15) is 5.10 Å². The number of aryl methyl sites for hydroxylation is 1. The van der Waals surface area contributed by atoms with Crippen LogP contribution in [0.2, 0.25) is 5.02 Å². The lowest BCUT2D eigenvalue weighted by molar-refractivity contribution is -0.119. The molecule has 0 aliphatic heterocycles. The average molecular weight is 605 g/mol. The minimum atomic E-state index is -4.14. The molecule has 2 amide bonds. The maximum atomic E-state index is 13.6. The fourth-order valence-electron chi connectivity index (χ4n) is 3.93. The molecule has 4 aromatic carbocycles. The van der Waals surface area contributed by atoms with Crippen LogP contribution >= 0.6 is 11.6 Å². The largest absolute Gasteiger partial charge is 0.495 e. The number of nitrogens with zero attached hydrogens (tertiary/aromatic N) is 2. The van der Waals surface area contributed by atoms with Crippen molar-refractivity contribution >= 4 is 50.5 Å². The summed E-state index contributed by atoms with van der Waals surface area (Å²) in [6.07, 6.45) is 0. The maximum absolute atomic E-state index is 13.6. The summed E-state index contributed by atoms with van der Waals surface area (Å²) in [6, 6.07) is 26.6. The second kappa shape index (κ2) is 13.3. The van der Waals surface area contributed by atoms with Crippen molar-refractivity contribution in [2.24, 2.45) is 5.10 Å². The summed E-state index contributed by atoms with van der Waals surface area (Å²) in [5, 5.41) is 7.17. The smallest absolute Gasteiger partial charge is 0.264 e. The Labute approximate surface area is 249 Å². The number of carbonyl (C=O) groups is 2. The second-order valence-electron chi connectivity index (χ2n) is 9.27. The molecule has 0 bridgehead atoms. The van der Waals surface area contributed by atoms with E-state index in [2.05, 4.69) is 15.8 Å². The first-order valence-electron chi connectivity index (χ1n) is 12.8. The Balaban J connectivity index is 1.49. The van der Waals surface area contributed by atoms with E-state index in [1.54, 1.807) is 67.6 Å². The van der Waals surface area contributed by atoms with Gasteiger partial charge in [0.05, 0.1) is 28.4 Å². The van der Waals surface area contributed by atoms with Crippen LogP contribution in [0.15, 0.2) is 107 Å². The molecule has 11 heteroatoms. The van der Waals surface area contributed by atoms with E-state index in [4.69, 9.17) is 16.3 Å². The van der Waals surface area contributed by atoms with E-state index in [1.165, 1.54) is 37.4 Å². The van der Waals surface area contributed by atoms with Crippen molar-refractivity contribution in [3.05, 3.63) is 119 Å². The third-order valence-electron chi connectivity index (χ3n) is 6.26. The number of ether oxygens (including phenoxy) is 1. The molecular weight excluding hydrogens is 576 g/mol. The maximum Gasteiger partial charge on any atom is 0.264 e. The van der Waals surface area contributed by atoms with Crippen molar-refractivity contribution in [3.63, 3.8) is 0 Å². The van der Waals surface area contributed by atoms with Crippen molar-refractivity contribution in [2.45, 2.75) is 18.7 Å². The quantitative estimate of drug-likeness (QED) is 0.179. The van der Waals surface area contributed by atoms with Crippen LogP contribution in [0.4, 0.5) is 11.4 Å². The molecule has 4 aromatic rings. The molecule has 0 aliphatic rings. The van der Waals surface area contributed by atoms with E-state index >= 15 is 0 Å². The van der Waals surface area contributed by atoms with Crippen LogP contribution in [0, 0.1) is 6.92 Å². The number of hydrogen-bond donors (Lipinski definition) is 2. The van der Waals surface area contributed by atoms with Gasteiger partial charge in [-0.1, -0.05) is 59.6 Å². The SMILES string of the molecule is COc1ccc(N(CC(=O)N/N=C(/C)c2ccc(NC(=O)c3ccccc3)cc2)S(=O)(=O)c2ccc(C)cc2)cc1Cl. The van der Waals surface area contributed by atoms with Crippen molar-refractivity contribution in [1.29, 1.82) is 0 Å². The van der Waals surface area contributed by atoms with Crippen LogP contribution < -0.4 is 19.8 Å². The Hall–Kier alpha value is -4.67. The number of carbonyl (C=O) groups excluding carboxylic acids is 2. The Bertz CT molecular complexity index is 1710. The highest BCUT2D eigenvalue weighted by atomic mass is 35.5. The van der Waals surface area contributed by atoms with E-state index in [1.807, 2.05) is 13.0 Å². The lowest BCUT2D eigenvalue weighted by Crippen LogP contribution is -2.39. The molecule has 0 heterocycles. The molecule has 2 N–H and O–H groups in total. The van der Waals surface area contributed by atoms with Gasteiger partial charge in [0.2, 0.25) is 0 Å².